The van der Waals surface area contributed by atoms with Gasteiger partial charge in [-0.25, -0.2) is 0 Å². The summed E-state index contributed by atoms with van der Waals surface area (Å²) < 4.78 is 5.58. The first-order chi connectivity index (χ1) is 6.65. The minimum atomic E-state index is -0.0930. The van der Waals surface area contributed by atoms with E-state index in [0.29, 0.717) is 0 Å². The van der Waals surface area contributed by atoms with Crippen LogP contribution in [0.3, 0.4) is 0 Å². The highest BCUT2D eigenvalue weighted by atomic mass is 16.6. The van der Waals surface area contributed by atoms with E-state index >= 15 is 0 Å². The molecule has 1 atom stereocenters. The highest BCUT2D eigenvalue weighted by Gasteiger charge is 2.46. The average Bonchev–Trinajstić information content (AvgIpc) is 2.49. The number of hydrogen-bond donors (Lipinski definition) is 0. The summed E-state index contributed by atoms with van der Waals surface area (Å²) >= 11 is 0. The molecule has 1 unspecified atom stereocenters. The fourth-order valence-corrected chi connectivity index (χ4v) is 2.51. The maximum Gasteiger partial charge on any atom is 0.309 e. The molecule has 3 nitrogen and oxygen atoms in total. The number of nitrogens with zero attached hydrogens (tertiary/aromatic N) is 1. The van der Waals surface area contributed by atoms with Crippen LogP contribution < -0.4 is 0 Å². The molecule has 0 amide bonds. The highest BCUT2D eigenvalue weighted by molar-refractivity contribution is 5.75. The SMILES string of the molecule is CCC1CC2(CCN(C)CC2)OC1=O. The molecule has 0 N–H and O–H groups in total. The minimum absolute atomic E-state index is 0.0389. The van der Waals surface area contributed by atoms with Crippen LogP contribution in [0.1, 0.15) is 32.6 Å². The van der Waals surface area contributed by atoms with Crippen molar-refractivity contribution in [3.8, 4) is 0 Å². The van der Waals surface area contributed by atoms with Crippen molar-refractivity contribution in [2.24, 2.45) is 5.92 Å². The van der Waals surface area contributed by atoms with Crippen LogP contribution in [0.4, 0.5) is 0 Å². The second-order valence-corrected chi connectivity index (χ2v) is 4.72. The van der Waals surface area contributed by atoms with Gasteiger partial charge in [-0.3, -0.25) is 4.79 Å². The van der Waals surface area contributed by atoms with Crippen molar-refractivity contribution in [2.45, 2.75) is 38.2 Å². The van der Waals surface area contributed by atoms with Gasteiger partial charge >= 0.3 is 5.97 Å². The van der Waals surface area contributed by atoms with Crippen LogP contribution in [-0.2, 0) is 9.53 Å². The van der Waals surface area contributed by atoms with Gasteiger partial charge in [0.1, 0.15) is 5.60 Å². The molecular formula is C11H19NO2. The second kappa shape index (κ2) is 3.54. The van der Waals surface area contributed by atoms with Crippen molar-refractivity contribution in [2.75, 3.05) is 20.1 Å². The summed E-state index contributed by atoms with van der Waals surface area (Å²) in [5, 5.41) is 0. The third-order valence-corrected chi connectivity index (χ3v) is 3.66. The lowest BCUT2D eigenvalue weighted by atomic mass is 9.85. The molecule has 14 heavy (non-hydrogen) atoms. The maximum atomic E-state index is 11.5. The van der Waals surface area contributed by atoms with Crippen LogP contribution in [0, 0.1) is 5.92 Å². The number of rotatable bonds is 1. The van der Waals surface area contributed by atoms with Gasteiger partial charge < -0.3 is 9.64 Å². The Bertz CT molecular complexity index is 231. The fraction of sp³-hybridized carbons (Fsp3) is 0.909. The lowest BCUT2D eigenvalue weighted by molar-refractivity contribution is -0.153. The lowest BCUT2D eigenvalue weighted by Gasteiger charge is -2.36. The number of esters is 1. The molecule has 0 bridgehead atoms. The summed E-state index contributed by atoms with van der Waals surface area (Å²) in [4.78, 5) is 13.8. The predicted molar refractivity (Wildman–Crippen MR) is 54.0 cm³/mol. The normalized spacial score (nSPS) is 32.1. The number of piperidine rings is 1. The molecule has 2 saturated heterocycles. The van der Waals surface area contributed by atoms with E-state index in [1.54, 1.807) is 0 Å². The number of likely N-dealkylation sites (tertiary alicyclic amines) is 1. The summed E-state index contributed by atoms with van der Waals surface area (Å²) in [6.07, 6.45) is 3.92. The molecule has 1 spiro atoms. The zero-order valence-electron chi connectivity index (χ0n) is 9.08. The van der Waals surface area contributed by atoms with Crippen molar-refractivity contribution < 1.29 is 9.53 Å². The molecule has 0 aromatic heterocycles. The fourth-order valence-electron chi connectivity index (χ4n) is 2.51. The van der Waals surface area contributed by atoms with Gasteiger partial charge in [0.15, 0.2) is 0 Å². The Hall–Kier alpha value is -0.570. The molecule has 0 aromatic rings. The van der Waals surface area contributed by atoms with E-state index in [4.69, 9.17) is 4.74 Å². The molecular weight excluding hydrogens is 178 g/mol. The van der Waals surface area contributed by atoms with Gasteiger partial charge in [-0.05, 0) is 26.3 Å². The quantitative estimate of drug-likeness (QED) is 0.595. The minimum Gasteiger partial charge on any atom is -0.459 e. The third-order valence-electron chi connectivity index (χ3n) is 3.66. The van der Waals surface area contributed by atoms with Crippen LogP contribution in [0.2, 0.25) is 0 Å². The first kappa shape index (κ1) is 9.97. The van der Waals surface area contributed by atoms with E-state index in [2.05, 4.69) is 18.9 Å². The largest absolute Gasteiger partial charge is 0.459 e. The summed E-state index contributed by atoms with van der Waals surface area (Å²) in [5.41, 5.74) is -0.0930. The van der Waals surface area contributed by atoms with Crippen LogP contribution in [-0.4, -0.2) is 36.6 Å². The van der Waals surface area contributed by atoms with Crippen molar-refractivity contribution >= 4 is 5.97 Å². The second-order valence-electron chi connectivity index (χ2n) is 4.72. The molecule has 3 heteroatoms. The van der Waals surface area contributed by atoms with E-state index in [0.717, 1.165) is 38.8 Å². The standard InChI is InChI=1S/C11H19NO2/c1-3-9-8-11(14-10(9)13)4-6-12(2)7-5-11/h9H,3-8H2,1-2H3. The molecule has 2 aliphatic heterocycles. The number of hydrogen-bond acceptors (Lipinski definition) is 3. The van der Waals surface area contributed by atoms with Crippen molar-refractivity contribution in [1.82, 2.24) is 4.90 Å². The van der Waals surface area contributed by atoms with Crippen LogP contribution >= 0.6 is 0 Å². The Morgan fingerprint density at radius 1 is 1.50 bits per heavy atom. The van der Waals surface area contributed by atoms with E-state index in [9.17, 15) is 4.79 Å². The topological polar surface area (TPSA) is 29.5 Å². The molecule has 2 fully saturated rings. The van der Waals surface area contributed by atoms with E-state index < -0.39 is 0 Å². The predicted octanol–water partition coefficient (Wildman–Crippen LogP) is 1.42. The number of carbonyl (C=O) groups is 1. The summed E-state index contributed by atoms with van der Waals surface area (Å²) in [7, 11) is 2.13. The monoisotopic (exact) mass is 197 g/mol. The Morgan fingerprint density at radius 3 is 2.64 bits per heavy atom. The average molecular weight is 197 g/mol. The van der Waals surface area contributed by atoms with Crippen molar-refractivity contribution in [1.29, 1.82) is 0 Å². The zero-order valence-corrected chi connectivity index (χ0v) is 9.08. The molecule has 0 aromatic carbocycles. The Balaban J connectivity index is 2.02. The zero-order chi connectivity index (χ0) is 10.2. The number of carbonyl (C=O) groups excluding carboxylic acids is 1. The van der Waals surface area contributed by atoms with Crippen LogP contribution in [0.15, 0.2) is 0 Å². The van der Waals surface area contributed by atoms with Crippen LogP contribution in [0.5, 0.6) is 0 Å². The Labute approximate surface area is 85.4 Å². The van der Waals surface area contributed by atoms with Crippen LogP contribution in [0.25, 0.3) is 0 Å². The summed E-state index contributed by atoms with van der Waals surface area (Å²) in [6, 6.07) is 0. The summed E-state index contributed by atoms with van der Waals surface area (Å²) in [6.45, 7) is 4.19. The molecule has 2 aliphatic rings. The molecule has 0 radical (unpaired) electrons. The maximum absolute atomic E-state index is 11.5. The lowest BCUT2D eigenvalue weighted by Crippen LogP contribution is -2.42. The molecule has 0 saturated carbocycles. The van der Waals surface area contributed by atoms with Gasteiger partial charge in [0, 0.05) is 19.5 Å². The first-order valence-electron chi connectivity index (χ1n) is 5.56. The van der Waals surface area contributed by atoms with Crippen molar-refractivity contribution in [3.63, 3.8) is 0 Å². The Morgan fingerprint density at radius 2 is 2.14 bits per heavy atom. The van der Waals surface area contributed by atoms with Gasteiger partial charge in [-0.15, -0.1) is 0 Å². The molecule has 0 aliphatic carbocycles. The van der Waals surface area contributed by atoms with E-state index in [1.165, 1.54) is 0 Å². The molecule has 2 heterocycles. The van der Waals surface area contributed by atoms with Gasteiger partial charge in [0.25, 0.3) is 0 Å². The van der Waals surface area contributed by atoms with Gasteiger partial charge in [-0.2, -0.15) is 0 Å². The highest BCUT2D eigenvalue weighted by Crippen LogP contribution is 2.40. The Kier molecular flexibility index (Phi) is 2.52. The van der Waals surface area contributed by atoms with Gasteiger partial charge in [0.2, 0.25) is 0 Å². The first-order valence-corrected chi connectivity index (χ1v) is 5.56. The van der Waals surface area contributed by atoms with Gasteiger partial charge in [0.05, 0.1) is 5.92 Å². The molecule has 2 rings (SSSR count). The number of ether oxygens (including phenoxy) is 1. The van der Waals surface area contributed by atoms with Crippen molar-refractivity contribution in [3.05, 3.63) is 0 Å². The smallest absolute Gasteiger partial charge is 0.309 e. The molecule has 80 valence electrons. The van der Waals surface area contributed by atoms with Gasteiger partial charge in [-0.1, -0.05) is 6.92 Å². The third kappa shape index (κ3) is 1.65. The van der Waals surface area contributed by atoms with E-state index in [1.807, 2.05) is 0 Å². The summed E-state index contributed by atoms with van der Waals surface area (Å²) in [5.74, 6) is 0.204. The van der Waals surface area contributed by atoms with E-state index in [-0.39, 0.29) is 17.5 Å².